The minimum Gasteiger partial charge on any atom is -0.313 e. The average Bonchev–Trinajstić information content (AvgIpc) is 2.35. The van der Waals surface area contributed by atoms with Gasteiger partial charge in [-0.3, -0.25) is 9.88 Å². The minimum absolute atomic E-state index is 0.587. The zero-order valence-corrected chi connectivity index (χ0v) is 11.3. The van der Waals surface area contributed by atoms with Crippen LogP contribution in [-0.4, -0.2) is 36.1 Å². The van der Waals surface area contributed by atoms with Crippen LogP contribution in [0, 0.1) is 0 Å². The summed E-state index contributed by atoms with van der Waals surface area (Å²) in [7, 11) is 2.16. The molecule has 0 saturated carbocycles. The Kier molecular flexibility index (Phi) is 6.82. The topological polar surface area (TPSA) is 28.2 Å². The predicted octanol–water partition coefficient (Wildman–Crippen LogP) is 2.29. The molecule has 0 bridgehead atoms. The van der Waals surface area contributed by atoms with Crippen LogP contribution in [0.1, 0.15) is 32.4 Å². The van der Waals surface area contributed by atoms with Gasteiger partial charge in [0.15, 0.2) is 0 Å². The molecule has 1 aromatic rings. The Bertz CT molecular complexity index is 287. The fourth-order valence-electron chi connectivity index (χ4n) is 1.90. The Hall–Kier alpha value is -0.930. The van der Waals surface area contributed by atoms with Gasteiger partial charge in [0.05, 0.1) is 5.69 Å². The first-order chi connectivity index (χ1) is 8.26. The lowest BCUT2D eigenvalue weighted by Crippen LogP contribution is -2.39. The smallest absolute Gasteiger partial charge is 0.0543 e. The number of nitrogens with zero attached hydrogens (tertiary/aromatic N) is 2. The van der Waals surface area contributed by atoms with Crippen LogP contribution in [0.3, 0.4) is 0 Å². The molecule has 0 saturated heterocycles. The summed E-state index contributed by atoms with van der Waals surface area (Å²) in [6.07, 6.45) is 4.23. The van der Waals surface area contributed by atoms with Gasteiger partial charge in [-0.1, -0.05) is 19.9 Å². The average molecular weight is 235 g/mol. The van der Waals surface area contributed by atoms with Crippen LogP contribution >= 0.6 is 0 Å². The lowest BCUT2D eigenvalue weighted by atomic mass is 10.2. The van der Waals surface area contributed by atoms with Gasteiger partial charge in [-0.15, -0.1) is 0 Å². The molecule has 0 spiro atoms. The first-order valence-electron chi connectivity index (χ1n) is 6.58. The van der Waals surface area contributed by atoms with Crippen LogP contribution < -0.4 is 5.32 Å². The van der Waals surface area contributed by atoms with E-state index >= 15 is 0 Å². The molecular weight excluding hydrogens is 210 g/mol. The van der Waals surface area contributed by atoms with Gasteiger partial charge in [0, 0.05) is 25.3 Å². The highest BCUT2D eigenvalue weighted by atomic mass is 15.1. The summed E-state index contributed by atoms with van der Waals surface area (Å²) in [5.74, 6) is 0. The van der Waals surface area contributed by atoms with Crippen LogP contribution in [0.2, 0.25) is 0 Å². The second-order valence-corrected chi connectivity index (χ2v) is 4.58. The van der Waals surface area contributed by atoms with E-state index in [1.54, 1.807) is 0 Å². The Labute approximate surface area is 105 Å². The molecule has 1 unspecified atom stereocenters. The second kappa shape index (κ2) is 8.20. The maximum atomic E-state index is 4.35. The number of aromatic nitrogens is 1. The Balaban J connectivity index is 2.34. The molecule has 96 valence electrons. The number of hydrogen-bond donors (Lipinski definition) is 1. The molecule has 0 aliphatic carbocycles. The van der Waals surface area contributed by atoms with Crippen LogP contribution in [0.25, 0.3) is 0 Å². The third kappa shape index (κ3) is 5.80. The second-order valence-electron chi connectivity index (χ2n) is 4.58. The van der Waals surface area contributed by atoms with Crippen LogP contribution in [0.15, 0.2) is 24.4 Å². The standard InChI is InChI=1S/C14H25N3/c1-4-9-15-13(5-2)11-17(3)12-14-8-6-7-10-16-14/h6-8,10,13,15H,4-5,9,11-12H2,1-3H3. The SMILES string of the molecule is CCCNC(CC)CN(C)Cc1ccccn1. The maximum Gasteiger partial charge on any atom is 0.0543 e. The zero-order valence-electron chi connectivity index (χ0n) is 11.3. The van der Waals surface area contributed by atoms with Crippen molar-refractivity contribution in [2.45, 2.75) is 39.3 Å². The molecule has 1 rings (SSSR count). The van der Waals surface area contributed by atoms with E-state index < -0.39 is 0 Å². The van der Waals surface area contributed by atoms with E-state index in [0.717, 1.165) is 25.3 Å². The molecule has 1 heterocycles. The summed E-state index contributed by atoms with van der Waals surface area (Å²) < 4.78 is 0. The zero-order chi connectivity index (χ0) is 12.5. The van der Waals surface area contributed by atoms with Gasteiger partial charge in [-0.05, 0) is 38.6 Å². The summed E-state index contributed by atoms with van der Waals surface area (Å²) >= 11 is 0. The highest BCUT2D eigenvalue weighted by Gasteiger charge is 2.09. The van der Waals surface area contributed by atoms with Crippen LogP contribution in [0.5, 0.6) is 0 Å². The molecule has 0 aliphatic heterocycles. The normalized spacial score (nSPS) is 12.9. The van der Waals surface area contributed by atoms with E-state index in [4.69, 9.17) is 0 Å². The van der Waals surface area contributed by atoms with Gasteiger partial charge in [0.25, 0.3) is 0 Å². The lowest BCUT2D eigenvalue weighted by molar-refractivity contribution is 0.275. The van der Waals surface area contributed by atoms with Gasteiger partial charge in [-0.2, -0.15) is 0 Å². The van der Waals surface area contributed by atoms with Gasteiger partial charge in [-0.25, -0.2) is 0 Å². The van der Waals surface area contributed by atoms with Gasteiger partial charge < -0.3 is 5.32 Å². The quantitative estimate of drug-likeness (QED) is 0.749. The predicted molar refractivity (Wildman–Crippen MR) is 72.9 cm³/mol. The molecule has 1 aromatic heterocycles. The largest absolute Gasteiger partial charge is 0.313 e. The van der Waals surface area contributed by atoms with Crippen molar-refractivity contribution >= 4 is 0 Å². The van der Waals surface area contributed by atoms with Crippen LogP contribution in [0.4, 0.5) is 0 Å². The van der Waals surface area contributed by atoms with Crippen molar-refractivity contribution in [2.24, 2.45) is 0 Å². The van der Waals surface area contributed by atoms with E-state index in [2.05, 4.69) is 42.2 Å². The van der Waals surface area contributed by atoms with Crippen molar-refractivity contribution in [1.29, 1.82) is 0 Å². The molecule has 0 aliphatic rings. The van der Waals surface area contributed by atoms with E-state index in [-0.39, 0.29) is 0 Å². The molecule has 0 fully saturated rings. The fourth-order valence-corrected chi connectivity index (χ4v) is 1.90. The Morgan fingerprint density at radius 3 is 2.76 bits per heavy atom. The van der Waals surface area contributed by atoms with E-state index in [9.17, 15) is 0 Å². The molecule has 3 heteroatoms. The van der Waals surface area contributed by atoms with Gasteiger partial charge in [0.1, 0.15) is 0 Å². The molecule has 17 heavy (non-hydrogen) atoms. The van der Waals surface area contributed by atoms with E-state index in [1.807, 2.05) is 18.3 Å². The summed E-state index contributed by atoms with van der Waals surface area (Å²) in [4.78, 5) is 6.68. The van der Waals surface area contributed by atoms with Crippen molar-refractivity contribution in [3.05, 3.63) is 30.1 Å². The van der Waals surface area contributed by atoms with Crippen LogP contribution in [-0.2, 0) is 6.54 Å². The number of likely N-dealkylation sites (N-methyl/N-ethyl adjacent to an activating group) is 1. The highest BCUT2D eigenvalue weighted by molar-refractivity contribution is 5.03. The summed E-state index contributed by atoms with van der Waals surface area (Å²) in [5, 5.41) is 3.57. The number of rotatable bonds is 8. The molecule has 0 radical (unpaired) electrons. The highest BCUT2D eigenvalue weighted by Crippen LogP contribution is 2.01. The number of nitrogens with one attached hydrogen (secondary N) is 1. The summed E-state index contributed by atoms with van der Waals surface area (Å²) in [6, 6.07) is 6.67. The first kappa shape index (κ1) is 14.1. The number of pyridine rings is 1. The molecule has 1 N–H and O–H groups in total. The van der Waals surface area contributed by atoms with Crippen molar-refractivity contribution in [3.8, 4) is 0 Å². The third-order valence-corrected chi connectivity index (χ3v) is 2.87. The molecule has 0 amide bonds. The third-order valence-electron chi connectivity index (χ3n) is 2.87. The van der Waals surface area contributed by atoms with Gasteiger partial charge >= 0.3 is 0 Å². The summed E-state index contributed by atoms with van der Waals surface area (Å²) in [5.41, 5.74) is 1.14. The lowest BCUT2D eigenvalue weighted by Gasteiger charge is -2.23. The van der Waals surface area contributed by atoms with Crippen molar-refractivity contribution < 1.29 is 0 Å². The molecule has 1 atom stereocenters. The number of hydrogen-bond acceptors (Lipinski definition) is 3. The molecular formula is C14H25N3. The Morgan fingerprint density at radius 2 is 2.18 bits per heavy atom. The Morgan fingerprint density at radius 1 is 1.35 bits per heavy atom. The monoisotopic (exact) mass is 235 g/mol. The van der Waals surface area contributed by atoms with Crippen molar-refractivity contribution in [1.82, 2.24) is 15.2 Å². The van der Waals surface area contributed by atoms with Crippen molar-refractivity contribution in [2.75, 3.05) is 20.1 Å². The molecule has 0 aromatic carbocycles. The minimum atomic E-state index is 0.587. The van der Waals surface area contributed by atoms with Crippen molar-refractivity contribution in [3.63, 3.8) is 0 Å². The van der Waals surface area contributed by atoms with Gasteiger partial charge in [0.2, 0.25) is 0 Å². The first-order valence-corrected chi connectivity index (χ1v) is 6.58. The summed E-state index contributed by atoms with van der Waals surface area (Å²) in [6.45, 7) is 7.55. The van der Waals surface area contributed by atoms with E-state index in [0.29, 0.717) is 6.04 Å². The molecule has 3 nitrogen and oxygen atoms in total. The fraction of sp³-hybridized carbons (Fsp3) is 0.643. The maximum absolute atomic E-state index is 4.35. The van der Waals surface area contributed by atoms with E-state index in [1.165, 1.54) is 12.8 Å².